The van der Waals surface area contributed by atoms with E-state index in [9.17, 15) is 24.2 Å². The molecule has 2 aromatic rings. The first kappa shape index (κ1) is 24.6. The lowest BCUT2D eigenvalue weighted by Gasteiger charge is -2.40. The van der Waals surface area contributed by atoms with Crippen molar-refractivity contribution in [1.82, 2.24) is 10.2 Å². The van der Waals surface area contributed by atoms with E-state index in [0.29, 0.717) is 17.7 Å². The second kappa shape index (κ2) is 10.8. The van der Waals surface area contributed by atoms with Crippen molar-refractivity contribution >= 4 is 11.8 Å². The summed E-state index contributed by atoms with van der Waals surface area (Å²) in [5.41, 5.74) is 1.38. The van der Waals surface area contributed by atoms with Crippen LogP contribution in [0, 0.1) is 5.82 Å². The Morgan fingerprint density at radius 3 is 2.66 bits per heavy atom. The number of amides is 2. The molecular formula is C27H29FN2O5. The molecule has 2 amide bonds. The van der Waals surface area contributed by atoms with Gasteiger partial charge in [0, 0.05) is 29.8 Å². The van der Waals surface area contributed by atoms with Crippen LogP contribution in [-0.4, -0.2) is 58.3 Å². The molecular weight excluding hydrogens is 451 g/mol. The zero-order valence-corrected chi connectivity index (χ0v) is 19.4. The molecule has 1 aliphatic heterocycles. The number of benzene rings is 2. The highest BCUT2D eigenvalue weighted by atomic mass is 19.1. The van der Waals surface area contributed by atoms with E-state index in [-0.39, 0.29) is 25.3 Å². The van der Waals surface area contributed by atoms with E-state index in [1.165, 1.54) is 17.0 Å². The molecule has 0 radical (unpaired) electrons. The lowest BCUT2D eigenvalue weighted by atomic mass is 9.77. The molecule has 0 saturated heterocycles. The fourth-order valence-corrected chi connectivity index (χ4v) is 4.65. The summed E-state index contributed by atoms with van der Waals surface area (Å²) in [6, 6.07) is 12.4. The number of allylic oxidation sites excluding steroid dienone is 1. The summed E-state index contributed by atoms with van der Waals surface area (Å²) >= 11 is 0. The number of carbonyl (C=O) groups excluding carboxylic acids is 2. The Morgan fingerprint density at radius 2 is 1.91 bits per heavy atom. The molecule has 35 heavy (non-hydrogen) atoms. The lowest BCUT2D eigenvalue weighted by molar-refractivity contribution is -0.133. The number of para-hydroxylation sites is 1. The zero-order valence-electron chi connectivity index (χ0n) is 19.4. The van der Waals surface area contributed by atoms with E-state index < -0.39 is 41.8 Å². The quantitative estimate of drug-likeness (QED) is 0.504. The standard InChI is InChI=1S/C27H29FN2O5/c1-2-3-12-23(32)30(16-17-8-4-6-10-20(17)28)21-15-19(27(34)29-13-14-31)24-18-9-5-7-11-22(18)35-26(24)25(21)33/h3-12,15,21,24-26,31,33H,2,13-14,16H2,1H3,(H,29,34)/t21-,24+,25+,26+/m1/s1. The summed E-state index contributed by atoms with van der Waals surface area (Å²) in [7, 11) is 0. The summed E-state index contributed by atoms with van der Waals surface area (Å²) in [5.74, 6) is -1.30. The Bertz CT molecular complexity index is 1150. The molecule has 4 atom stereocenters. The summed E-state index contributed by atoms with van der Waals surface area (Å²) in [6.45, 7) is 1.61. The molecule has 1 heterocycles. The van der Waals surface area contributed by atoms with Gasteiger partial charge in [-0.25, -0.2) is 4.39 Å². The third kappa shape index (κ3) is 4.99. The van der Waals surface area contributed by atoms with Crippen LogP contribution < -0.4 is 10.1 Å². The first-order valence-corrected chi connectivity index (χ1v) is 11.7. The Kier molecular flexibility index (Phi) is 7.63. The number of halogens is 1. The number of rotatable bonds is 8. The van der Waals surface area contributed by atoms with Gasteiger partial charge >= 0.3 is 0 Å². The third-order valence-corrected chi connectivity index (χ3v) is 6.31. The van der Waals surface area contributed by atoms with Gasteiger partial charge in [0.1, 0.15) is 23.8 Å². The van der Waals surface area contributed by atoms with E-state index in [1.54, 1.807) is 42.5 Å². The molecule has 8 heteroatoms. The topological polar surface area (TPSA) is 99.1 Å². The highest BCUT2D eigenvalue weighted by Crippen LogP contribution is 2.47. The van der Waals surface area contributed by atoms with Crippen LogP contribution in [0.2, 0.25) is 0 Å². The van der Waals surface area contributed by atoms with Gasteiger partial charge in [0.15, 0.2) is 0 Å². The molecule has 7 nitrogen and oxygen atoms in total. The maximum Gasteiger partial charge on any atom is 0.247 e. The average Bonchev–Trinajstić information content (AvgIpc) is 3.26. The number of nitrogens with one attached hydrogen (secondary N) is 1. The highest BCUT2D eigenvalue weighted by molar-refractivity contribution is 5.96. The molecule has 3 N–H and O–H groups in total. The molecule has 4 rings (SSSR count). The van der Waals surface area contributed by atoms with Gasteiger partial charge in [-0.2, -0.15) is 0 Å². The molecule has 2 aromatic carbocycles. The molecule has 184 valence electrons. The molecule has 0 unspecified atom stereocenters. The minimum atomic E-state index is -1.17. The van der Waals surface area contributed by atoms with Crippen LogP contribution in [0.5, 0.6) is 5.75 Å². The number of hydrogen-bond donors (Lipinski definition) is 3. The molecule has 0 bridgehead atoms. The second-order valence-corrected chi connectivity index (χ2v) is 8.55. The molecule has 1 aliphatic carbocycles. The molecule has 0 saturated carbocycles. The molecule has 2 aliphatic rings. The number of fused-ring (bicyclic) bond motifs is 3. The van der Waals surface area contributed by atoms with Gasteiger partial charge in [-0.15, -0.1) is 0 Å². The maximum absolute atomic E-state index is 14.5. The van der Waals surface area contributed by atoms with Gasteiger partial charge < -0.3 is 25.2 Å². The van der Waals surface area contributed by atoms with Crippen molar-refractivity contribution in [2.45, 2.75) is 44.1 Å². The van der Waals surface area contributed by atoms with Gasteiger partial charge in [-0.1, -0.05) is 49.4 Å². The predicted octanol–water partition coefficient (Wildman–Crippen LogP) is 2.44. The summed E-state index contributed by atoms with van der Waals surface area (Å²) in [6.07, 6.45) is 3.29. The van der Waals surface area contributed by atoms with E-state index in [1.807, 2.05) is 19.1 Å². The van der Waals surface area contributed by atoms with E-state index in [0.717, 1.165) is 5.56 Å². The maximum atomic E-state index is 14.5. The summed E-state index contributed by atoms with van der Waals surface area (Å²) < 4.78 is 20.6. The first-order chi connectivity index (χ1) is 17.0. The predicted molar refractivity (Wildman–Crippen MR) is 128 cm³/mol. The van der Waals surface area contributed by atoms with Gasteiger partial charge in [0.2, 0.25) is 11.8 Å². The molecule has 0 aromatic heterocycles. The lowest BCUT2D eigenvalue weighted by Crippen LogP contribution is -2.55. The van der Waals surface area contributed by atoms with Crippen molar-refractivity contribution in [3.05, 3.63) is 89.3 Å². The Hall–Kier alpha value is -3.49. The van der Waals surface area contributed by atoms with Gasteiger partial charge in [-0.3, -0.25) is 9.59 Å². The van der Waals surface area contributed by atoms with Crippen molar-refractivity contribution in [3.63, 3.8) is 0 Å². The molecule has 0 spiro atoms. The van der Waals surface area contributed by atoms with Crippen LogP contribution in [-0.2, 0) is 16.1 Å². The van der Waals surface area contributed by atoms with Crippen LogP contribution in [0.3, 0.4) is 0 Å². The largest absolute Gasteiger partial charge is 0.486 e. The minimum Gasteiger partial charge on any atom is -0.486 e. The fourth-order valence-electron chi connectivity index (χ4n) is 4.65. The van der Waals surface area contributed by atoms with Crippen molar-refractivity contribution in [2.24, 2.45) is 0 Å². The van der Waals surface area contributed by atoms with Crippen molar-refractivity contribution in [3.8, 4) is 5.75 Å². The monoisotopic (exact) mass is 480 g/mol. The summed E-state index contributed by atoms with van der Waals surface area (Å²) in [4.78, 5) is 27.7. The Labute approximate surface area is 203 Å². The highest BCUT2D eigenvalue weighted by Gasteiger charge is 2.50. The Morgan fingerprint density at radius 1 is 1.17 bits per heavy atom. The zero-order chi connectivity index (χ0) is 24.9. The molecule has 0 fully saturated rings. The van der Waals surface area contributed by atoms with Gasteiger partial charge in [0.25, 0.3) is 0 Å². The number of aliphatic hydroxyl groups is 2. The van der Waals surface area contributed by atoms with Crippen molar-refractivity contribution < 1.29 is 28.9 Å². The first-order valence-electron chi connectivity index (χ1n) is 11.7. The number of carbonyl (C=O) groups is 2. The van der Waals surface area contributed by atoms with E-state index >= 15 is 0 Å². The average molecular weight is 481 g/mol. The smallest absolute Gasteiger partial charge is 0.247 e. The van der Waals surface area contributed by atoms with E-state index in [2.05, 4.69) is 5.32 Å². The van der Waals surface area contributed by atoms with Crippen LogP contribution in [0.1, 0.15) is 30.4 Å². The fraction of sp³-hybridized carbons (Fsp3) is 0.333. The number of aliphatic hydroxyl groups excluding tert-OH is 2. The van der Waals surface area contributed by atoms with Crippen LogP contribution in [0.15, 0.2) is 72.3 Å². The van der Waals surface area contributed by atoms with Gasteiger partial charge in [-0.05, 0) is 30.7 Å². The minimum absolute atomic E-state index is 0.0559. The van der Waals surface area contributed by atoms with Gasteiger partial charge in [0.05, 0.1) is 18.6 Å². The second-order valence-electron chi connectivity index (χ2n) is 8.55. The van der Waals surface area contributed by atoms with Crippen molar-refractivity contribution in [2.75, 3.05) is 13.2 Å². The van der Waals surface area contributed by atoms with Crippen LogP contribution in [0.4, 0.5) is 4.39 Å². The number of ether oxygens (including phenoxy) is 1. The summed E-state index contributed by atoms with van der Waals surface area (Å²) in [5, 5.41) is 23.3. The third-order valence-electron chi connectivity index (χ3n) is 6.31. The Balaban J connectivity index is 1.78. The number of nitrogens with zero attached hydrogens (tertiary/aromatic N) is 1. The number of hydrogen-bond acceptors (Lipinski definition) is 5. The van der Waals surface area contributed by atoms with Crippen molar-refractivity contribution in [1.29, 1.82) is 0 Å². The normalized spacial score (nSPS) is 22.7. The SMILES string of the molecule is CCC=CC(=O)N(Cc1ccccc1F)[C@@H]1C=C(C(=O)NCCO)[C@@H]2c3ccccc3O[C@@H]2[C@H]1O. The van der Waals surface area contributed by atoms with Crippen LogP contribution in [0.25, 0.3) is 0 Å². The van der Waals surface area contributed by atoms with E-state index in [4.69, 9.17) is 4.74 Å². The van der Waals surface area contributed by atoms with Crippen LogP contribution >= 0.6 is 0 Å².